The number of carbonyl (C=O) groups excluding carboxylic acids is 2. The van der Waals surface area contributed by atoms with Crippen molar-refractivity contribution in [1.29, 1.82) is 0 Å². The average molecular weight is 432 g/mol. The summed E-state index contributed by atoms with van der Waals surface area (Å²) >= 11 is 0. The van der Waals surface area contributed by atoms with E-state index in [9.17, 15) is 22.8 Å². The summed E-state index contributed by atoms with van der Waals surface area (Å²) in [5.41, 5.74) is -1.91. The minimum atomic E-state index is -4.47. The van der Waals surface area contributed by atoms with Crippen molar-refractivity contribution in [3.8, 4) is 0 Å². The van der Waals surface area contributed by atoms with Gasteiger partial charge in [-0.1, -0.05) is 12.1 Å². The molecule has 2 atom stereocenters. The van der Waals surface area contributed by atoms with Crippen LogP contribution in [0.4, 0.5) is 13.2 Å². The topological polar surface area (TPSA) is 61.8 Å². The molecule has 5 nitrogen and oxygen atoms in total. The number of benzene rings is 1. The summed E-state index contributed by atoms with van der Waals surface area (Å²) in [6, 6.07) is 4.50. The lowest BCUT2D eigenvalue weighted by Gasteiger charge is -2.30. The molecule has 1 aromatic carbocycles. The molecule has 0 aliphatic carbocycles. The van der Waals surface area contributed by atoms with Gasteiger partial charge in [-0.05, 0) is 59.2 Å². The van der Waals surface area contributed by atoms with Gasteiger partial charge in [-0.3, -0.25) is 9.59 Å². The maximum Gasteiger partial charge on any atom is 0.416 e. The van der Waals surface area contributed by atoms with E-state index in [0.29, 0.717) is 5.56 Å². The Bertz CT molecular complexity index is 712. The number of rotatable bonds is 7. The quantitative estimate of drug-likeness (QED) is 0.569. The second-order valence-corrected chi connectivity index (χ2v) is 9.17. The van der Waals surface area contributed by atoms with Gasteiger partial charge in [0, 0.05) is 13.0 Å². The summed E-state index contributed by atoms with van der Waals surface area (Å²) in [5.74, 6) is -2.74. The Kier molecular flexibility index (Phi) is 8.49. The van der Waals surface area contributed by atoms with Crippen LogP contribution in [-0.2, 0) is 30.0 Å². The molecule has 0 aromatic heterocycles. The van der Waals surface area contributed by atoms with Crippen LogP contribution < -0.4 is 0 Å². The number of hydrogen-bond acceptors (Lipinski definition) is 5. The number of hydrogen-bond donors (Lipinski definition) is 0. The first-order valence-electron chi connectivity index (χ1n) is 9.62. The normalized spacial score (nSPS) is 14.7. The Hall–Kier alpha value is -2.09. The third-order valence-electron chi connectivity index (χ3n) is 4.21. The summed E-state index contributed by atoms with van der Waals surface area (Å²) in [6.45, 7) is 9.90. The first-order valence-corrected chi connectivity index (χ1v) is 9.62. The summed E-state index contributed by atoms with van der Waals surface area (Å²) in [4.78, 5) is 25.1. The van der Waals surface area contributed by atoms with E-state index in [0.717, 1.165) is 12.1 Å². The molecule has 8 heteroatoms. The Morgan fingerprint density at radius 3 is 1.87 bits per heavy atom. The molecule has 0 radical (unpaired) electrons. The Morgan fingerprint density at radius 2 is 1.47 bits per heavy atom. The van der Waals surface area contributed by atoms with Crippen LogP contribution in [0.3, 0.4) is 0 Å². The standard InChI is InChI=1S/C22H31F3O5/c1-20(2,3)19(27)29-13-17(18(26)30-21(4,5)6)16(12-28-7)14-8-10-15(11-9-14)22(23,24)25/h8-11,16-17H,12-13H2,1-7H3/t16-,17-/m1/s1. The number of alkyl halides is 3. The van der Waals surface area contributed by atoms with E-state index >= 15 is 0 Å². The third-order valence-corrected chi connectivity index (χ3v) is 4.21. The van der Waals surface area contributed by atoms with E-state index in [2.05, 4.69) is 0 Å². The van der Waals surface area contributed by atoms with Crippen molar-refractivity contribution in [2.24, 2.45) is 11.3 Å². The highest BCUT2D eigenvalue weighted by molar-refractivity contribution is 5.77. The zero-order valence-corrected chi connectivity index (χ0v) is 18.6. The number of esters is 2. The Morgan fingerprint density at radius 1 is 0.933 bits per heavy atom. The van der Waals surface area contributed by atoms with Crippen LogP contribution in [0.2, 0.25) is 0 Å². The predicted molar refractivity (Wildman–Crippen MR) is 106 cm³/mol. The molecule has 30 heavy (non-hydrogen) atoms. The van der Waals surface area contributed by atoms with Crippen LogP contribution in [0.5, 0.6) is 0 Å². The highest BCUT2D eigenvalue weighted by atomic mass is 19.4. The maximum atomic E-state index is 12.9. The first-order chi connectivity index (χ1) is 13.6. The van der Waals surface area contributed by atoms with Gasteiger partial charge in [0.1, 0.15) is 18.1 Å². The minimum absolute atomic E-state index is 0.0301. The number of halogens is 3. The minimum Gasteiger partial charge on any atom is -0.464 e. The smallest absolute Gasteiger partial charge is 0.416 e. The molecule has 0 bridgehead atoms. The van der Waals surface area contributed by atoms with Crippen molar-refractivity contribution in [1.82, 2.24) is 0 Å². The van der Waals surface area contributed by atoms with E-state index in [-0.39, 0.29) is 13.2 Å². The van der Waals surface area contributed by atoms with Gasteiger partial charge in [-0.25, -0.2) is 0 Å². The molecule has 1 aromatic rings. The molecule has 1 rings (SSSR count). The van der Waals surface area contributed by atoms with Crippen molar-refractivity contribution >= 4 is 11.9 Å². The van der Waals surface area contributed by atoms with Crippen LogP contribution in [-0.4, -0.2) is 37.9 Å². The van der Waals surface area contributed by atoms with Crippen molar-refractivity contribution in [3.05, 3.63) is 35.4 Å². The van der Waals surface area contributed by atoms with Gasteiger partial charge < -0.3 is 14.2 Å². The average Bonchev–Trinajstić information content (AvgIpc) is 2.57. The van der Waals surface area contributed by atoms with E-state index in [1.54, 1.807) is 41.5 Å². The molecule has 0 unspecified atom stereocenters. The molecule has 0 aliphatic heterocycles. The van der Waals surface area contributed by atoms with Gasteiger partial charge in [0.25, 0.3) is 0 Å². The van der Waals surface area contributed by atoms with Crippen LogP contribution >= 0.6 is 0 Å². The van der Waals surface area contributed by atoms with Crippen molar-refractivity contribution < 1.29 is 37.0 Å². The molecule has 0 spiro atoms. The van der Waals surface area contributed by atoms with Gasteiger partial charge in [0.15, 0.2) is 0 Å². The molecule has 0 N–H and O–H groups in total. The lowest BCUT2D eigenvalue weighted by atomic mass is 9.86. The number of ether oxygens (including phenoxy) is 3. The van der Waals surface area contributed by atoms with Gasteiger partial charge in [-0.2, -0.15) is 13.2 Å². The van der Waals surface area contributed by atoms with Gasteiger partial charge in [0.2, 0.25) is 0 Å². The van der Waals surface area contributed by atoms with E-state index < -0.39 is 46.5 Å². The summed E-state index contributed by atoms with van der Waals surface area (Å²) in [6.07, 6.45) is -4.47. The zero-order chi connectivity index (χ0) is 23.3. The van der Waals surface area contributed by atoms with Crippen LogP contribution in [0.25, 0.3) is 0 Å². The van der Waals surface area contributed by atoms with E-state index in [1.165, 1.54) is 19.2 Å². The summed E-state index contributed by atoms with van der Waals surface area (Å²) < 4.78 is 54.8. The molecular weight excluding hydrogens is 401 g/mol. The largest absolute Gasteiger partial charge is 0.464 e. The lowest BCUT2D eigenvalue weighted by Crippen LogP contribution is -2.37. The molecule has 0 aliphatic rings. The fraction of sp³-hybridized carbons (Fsp3) is 0.636. The highest BCUT2D eigenvalue weighted by Gasteiger charge is 2.37. The van der Waals surface area contributed by atoms with Crippen LogP contribution in [0.15, 0.2) is 24.3 Å². The molecule has 170 valence electrons. The van der Waals surface area contributed by atoms with Gasteiger partial charge in [0.05, 0.1) is 17.6 Å². The molecule has 0 fully saturated rings. The van der Waals surface area contributed by atoms with Gasteiger partial charge >= 0.3 is 18.1 Å². The second kappa shape index (κ2) is 9.81. The number of carbonyl (C=O) groups is 2. The fourth-order valence-corrected chi connectivity index (χ4v) is 2.65. The van der Waals surface area contributed by atoms with Gasteiger partial charge in [-0.15, -0.1) is 0 Å². The lowest BCUT2D eigenvalue weighted by molar-refractivity contribution is -0.168. The van der Waals surface area contributed by atoms with Crippen molar-refractivity contribution in [3.63, 3.8) is 0 Å². The summed E-state index contributed by atoms with van der Waals surface area (Å²) in [7, 11) is 1.42. The van der Waals surface area contributed by atoms with Crippen LogP contribution in [0, 0.1) is 11.3 Å². The van der Waals surface area contributed by atoms with Crippen LogP contribution in [0.1, 0.15) is 58.6 Å². The molecule has 0 heterocycles. The van der Waals surface area contributed by atoms with Crippen molar-refractivity contribution in [2.75, 3.05) is 20.3 Å². The Labute approximate surface area is 175 Å². The van der Waals surface area contributed by atoms with E-state index in [1.807, 2.05) is 0 Å². The summed E-state index contributed by atoms with van der Waals surface area (Å²) in [5, 5.41) is 0. The fourth-order valence-electron chi connectivity index (χ4n) is 2.65. The maximum absolute atomic E-state index is 12.9. The SMILES string of the molecule is COC[C@H](c1ccc(C(F)(F)F)cc1)[C@@H](COC(=O)C(C)(C)C)C(=O)OC(C)(C)C. The number of methoxy groups -OCH3 is 1. The molecule has 0 saturated heterocycles. The molecule has 0 amide bonds. The predicted octanol–water partition coefficient (Wildman–Crippen LogP) is 4.98. The monoisotopic (exact) mass is 432 g/mol. The zero-order valence-electron chi connectivity index (χ0n) is 18.6. The van der Waals surface area contributed by atoms with Crippen molar-refractivity contribution in [2.45, 2.75) is 59.2 Å². The first kappa shape index (κ1) is 25.9. The molecular formula is C22H31F3O5. The molecule has 0 saturated carbocycles. The Balaban J connectivity index is 3.25. The van der Waals surface area contributed by atoms with E-state index in [4.69, 9.17) is 14.2 Å². The third kappa shape index (κ3) is 7.97. The highest BCUT2D eigenvalue weighted by Crippen LogP contribution is 2.33. The second-order valence-electron chi connectivity index (χ2n) is 9.17.